The van der Waals surface area contributed by atoms with Gasteiger partial charge >= 0.3 is 6.18 Å². The number of alkyl halides is 3. The molecule has 8 heteroatoms. The van der Waals surface area contributed by atoms with Gasteiger partial charge in [0.1, 0.15) is 11.5 Å². The number of nitrogens with zero attached hydrogens (tertiary/aromatic N) is 2. The van der Waals surface area contributed by atoms with Crippen LogP contribution < -0.4 is 0 Å². The van der Waals surface area contributed by atoms with Gasteiger partial charge in [0.05, 0.1) is 18.0 Å². The van der Waals surface area contributed by atoms with Gasteiger partial charge in [0.25, 0.3) is 0 Å². The van der Waals surface area contributed by atoms with Crippen LogP contribution in [0.25, 0.3) is 0 Å². The smallest absolute Gasteiger partial charge is 0.416 e. The molecule has 2 aromatic rings. The third kappa shape index (κ3) is 4.55. The van der Waals surface area contributed by atoms with Crippen molar-refractivity contribution in [2.45, 2.75) is 32.6 Å². The van der Waals surface area contributed by atoms with Crippen LogP contribution in [0.2, 0.25) is 0 Å². The van der Waals surface area contributed by atoms with Crippen molar-refractivity contribution in [1.29, 1.82) is 0 Å². The zero-order valence-electron chi connectivity index (χ0n) is 15.6. The third-order valence-electron chi connectivity index (χ3n) is 4.76. The quantitative estimate of drug-likeness (QED) is 0.779. The molecule has 1 unspecified atom stereocenters. The molecule has 0 spiro atoms. The van der Waals surface area contributed by atoms with Crippen LogP contribution in [-0.2, 0) is 28.9 Å². The summed E-state index contributed by atoms with van der Waals surface area (Å²) in [5.41, 5.74) is -0.367. The number of hydrogen-bond donors (Lipinski definition) is 0. The fourth-order valence-corrected chi connectivity index (χ4v) is 3.35. The fraction of sp³-hybridized carbons (Fsp3) is 0.400. The number of carbonyl (C=O) groups is 2. The molecule has 0 aliphatic carbocycles. The molecule has 2 amide bonds. The highest BCUT2D eigenvalue weighted by molar-refractivity contribution is 5.89. The Hall–Kier alpha value is -2.77. The van der Waals surface area contributed by atoms with Crippen LogP contribution in [0, 0.1) is 12.8 Å². The molecule has 0 saturated carbocycles. The predicted octanol–water partition coefficient (Wildman–Crippen LogP) is 3.61. The first kappa shape index (κ1) is 20.0. The van der Waals surface area contributed by atoms with Gasteiger partial charge in [-0.1, -0.05) is 12.1 Å². The van der Waals surface area contributed by atoms with E-state index < -0.39 is 17.7 Å². The maximum absolute atomic E-state index is 12.9. The van der Waals surface area contributed by atoms with Crippen molar-refractivity contribution in [3.8, 4) is 0 Å². The van der Waals surface area contributed by atoms with E-state index in [2.05, 4.69) is 0 Å². The number of hydrogen-bond acceptors (Lipinski definition) is 3. The number of aryl methyl sites for hydroxylation is 1. The number of carbonyl (C=O) groups excluding carboxylic acids is 2. The highest BCUT2D eigenvalue weighted by atomic mass is 19.4. The van der Waals surface area contributed by atoms with Crippen molar-refractivity contribution >= 4 is 11.8 Å². The van der Waals surface area contributed by atoms with Crippen LogP contribution >= 0.6 is 0 Å². The monoisotopic (exact) mass is 394 g/mol. The second kappa shape index (κ2) is 7.69. The molecule has 2 heterocycles. The third-order valence-corrected chi connectivity index (χ3v) is 4.76. The minimum Gasteiger partial charge on any atom is -0.464 e. The minimum atomic E-state index is -4.43. The topological polar surface area (TPSA) is 53.8 Å². The molecule has 1 aliphatic heterocycles. The largest absolute Gasteiger partial charge is 0.464 e. The number of furan rings is 1. The molecule has 1 aromatic carbocycles. The maximum atomic E-state index is 12.9. The summed E-state index contributed by atoms with van der Waals surface area (Å²) >= 11 is 0. The van der Waals surface area contributed by atoms with Crippen molar-refractivity contribution in [2.75, 3.05) is 13.6 Å². The van der Waals surface area contributed by atoms with Gasteiger partial charge in [-0.15, -0.1) is 0 Å². The van der Waals surface area contributed by atoms with Gasteiger partial charge in [0, 0.05) is 26.6 Å². The summed E-state index contributed by atoms with van der Waals surface area (Å²) in [5, 5.41) is 0. The summed E-state index contributed by atoms with van der Waals surface area (Å²) in [6.45, 7) is 2.35. The zero-order valence-corrected chi connectivity index (χ0v) is 15.6. The lowest BCUT2D eigenvalue weighted by molar-refractivity contribution is -0.137. The Bertz CT molecular complexity index is 876. The summed E-state index contributed by atoms with van der Waals surface area (Å²) in [5.74, 6) is 0.462. The summed E-state index contributed by atoms with van der Waals surface area (Å²) < 4.78 is 44.0. The highest BCUT2D eigenvalue weighted by Crippen LogP contribution is 2.30. The summed E-state index contributed by atoms with van der Waals surface area (Å²) in [4.78, 5) is 27.9. The van der Waals surface area contributed by atoms with E-state index in [0.717, 1.165) is 17.9 Å². The molecule has 5 nitrogen and oxygen atoms in total. The first-order valence-corrected chi connectivity index (χ1v) is 8.87. The van der Waals surface area contributed by atoms with Crippen LogP contribution in [0.1, 0.15) is 29.1 Å². The average molecular weight is 394 g/mol. The van der Waals surface area contributed by atoms with Crippen molar-refractivity contribution in [2.24, 2.45) is 5.92 Å². The highest BCUT2D eigenvalue weighted by Gasteiger charge is 2.36. The van der Waals surface area contributed by atoms with Crippen LogP contribution in [0.15, 0.2) is 40.8 Å². The van der Waals surface area contributed by atoms with Crippen molar-refractivity contribution in [3.05, 3.63) is 59.0 Å². The Morgan fingerprint density at radius 2 is 2.04 bits per heavy atom. The van der Waals surface area contributed by atoms with Gasteiger partial charge in [0.15, 0.2) is 0 Å². The van der Waals surface area contributed by atoms with Crippen LogP contribution in [-0.4, -0.2) is 35.2 Å². The zero-order chi connectivity index (χ0) is 20.5. The number of halogens is 3. The molecular formula is C20H21F3N2O3. The van der Waals surface area contributed by atoms with Gasteiger partial charge in [-0.25, -0.2) is 0 Å². The van der Waals surface area contributed by atoms with Gasteiger partial charge in [-0.05, 0) is 36.8 Å². The Labute approximate surface area is 160 Å². The molecular weight excluding hydrogens is 373 g/mol. The van der Waals surface area contributed by atoms with E-state index in [9.17, 15) is 22.8 Å². The molecule has 150 valence electrons. The Kier molecular flexibility index (Phi) is 5.49. The molecule has 0 radical (unpaired) electrons. The van der Waals surface area contributed by atoms with E-state index in [0.29, 0.717) is 17.9 Å². The summed E-state index contributed by atoms with van der Waals surface area (Å²) in [6.07, 6.45) is -4.38. The lowest BCUT2D eigenvalue weighted by Crippen LogP contribution is -2.34. The van der Waals surface area contributed by atoms with Crippen LogP contribution in [0.3, 0.4) is 0 Å². The fourth-order valence-electron chi connectivity index (χ4n) is 3.35. The van der Waals surface area contributed by atoms with Crippen molar-refractivity contribution in [3.63, 3.8) is 0 Å². The maximum Gasteiger partial charge on any atom is 0.416 e. The first-order valence-electron chi connectivity index (χ1n) is 8.87. The normalized spacial score (nSPS) is 17.2. The van der Waals surface area contributed by atoms with E-state index >= 15 is 0 Å². The number of rotatable bonds is 5. The Balaban J connectivity index is 1.62. The van der Waals surface area contributed by atoms with E-state index in [-0.39, 0.29) is 31.3 Å². The van der Waals surface area contributed by atoms with E-state index in [1.165, 1.54) is 15.9 Å². The number of benzene rings is 1. The predicted molar refractivity (Wildman–Crippen MR) is 94.9 cm³/mol. The second-order valence-corrected chi connectivity index (χ2v) is 7.08. The van der Waals surface area contributed by atoms with E-state index in [4.69, 9.17) is 4.42 Å². The summed E-state index contributed by atoms with van der Waals surface area (Å²) in [7, 11) is 1.64. The molecule has 0 N–H and O–H groups in total. The Morgan fingerprint density at radius 1 is 1.29 bits per heavy atom. The molecule has 1 saturated heterocycles. The van der Waals surface area contributed by atoms with Gasteiger partial charge in [0.2, 0.25) is 11.8 Å². The molecule has 28 heavy (non-hydrogen) atoms. The lowest BCUT2D eigenvalue weighted by atomic mass is 10.1. The molecule has 1 atom stereocenters. The van der Waals surface area contributed by atoms with Crippen LogP contribution in [0.5, 0.6) is 0 Å². The van der Waals surface area contributed by atoms with E-state index in [1.807, 2.05) is 13.0 Å². The standard InChI is InChI=1S/C20H21F3N2O3/c1-13-6-7-17(28-13)12-24(2)19(27)15-9-18(26)25(11-15)10-14-4-3-5-16(8-14)20(21,22)23/h3-8,15H,9-12H2,1-2H3. The average Bonchev–Trinajstić information content (AvgIpc) is 3.19. The first-order chi connectivity index (χ1) is 13.1. The van der Waals surface area contributed by atoms with Gasteiger partial charge in [-0.2, -0.15) is 13.2 Å². The second-order valence-electron chi connectivity index (χ2n) is 7.08. The number of likely N-dealkylation sites (tertiary alicyclic amines) is 1. The molecule has 0 bridgehead atoms. The lowest BCUT2D eigenvalue weighted by Gasteiger charge is -2.21. The van der Waals surface area contributed by atoms with E-state index in [1.54, 1.807) is 19.2 Å². The molecule has 1 aliphatic rings. The van der Waals surface area contributed by atoms with Crippen molar-refractivity contribution < 1.29 is 27.2 Å². The molecule has 1 aromatic heterocycles. The minimum absolute atomic E-state index is 0.0492. The molecule has 1 fully saturated rings. The Morgan fingerprint density at radius 3 is 2.68 bits per heavy atom. The van der Waals surface area contributed by atoms with Crippen molar-refractivity contribution in [1.82, 2.24) is 9.80 Å². The summed E-state index contributed by atoms with van der Waals surface area (Å²) in [6, 6.07) is 8.49. The number of amides is 2. The SMILES string of the molecule is Cc1ccc(CN(C)C(=O)C2CC(=O)N(Cc3cccc(C(F)(F)F)c3)C2)o1. The molecule has 3 rings (SSSR count). The van der Waals surface area contributed by atoms with Crippen LogP contribution in [0.4, 0.5) is 13.2 Å². The van der Waals surface area contributed by atoms with Gasteiger partial charge in [-0.3, -0.25) is 9.59 Å². The van der Waals surface area contributed by atoms with Gasteiger partial charge < -0.3 is 14.2 Å².